The van der Waals surface area contributed by atoms with E-state index in [1.54, 1.807) is 7.11 Å². The van der Waals surface area contributed by atoms with Gasteiger partial charge in [0.1, 0.15) is 0 Å². The van der Waals surface area contributed by atoms with Gasteiger partial charge in [0, 0.05) is 32.8 Å². The molecule has 16 heavy (non-hydrogen) atoms. The van der Waals surface area contributed by atoms with Gasteiger partial charge >= 0.3 is 0 Å². The lowest BCUT2D eigenvalue weighted by Gasteiger charge is -2.24. The predicted molar refractivity (Wildman–Crippen MR) is 71.0 cm³/mol. The summed E-state index contributed by atoms with van der Waals surface area (Å²) in [7, 11) is 3.95. The second kappa shape index (κ2) is 11.4. The monoisotopic (exact) mass is 230 g/mol. The Morgan fingerprint density at radius 1 is 1.25 bits per heavy atom. The zero-order valence-electron chi connectivity index (χ0n) is 11.6. The molecule has 0 aromatic carbocycles. The molecule has 1 atom stereocenters. The molecule has 0 aliphatic carbocycles. The minimum atomic E-state index is 0.610. The molecule has 0 aromatic heterocycles. The van der Waals surface area contributed by atoms with Crippen LogP contribution in [0, 0.1) is 0 Å². The van der Waals surface area contributed by atoms with Crippen molar-refractivity contribution in [1.29, 1.82) is 0 Å². The quantitative estimate of drug-likeness (QED) is 0.550. The third kappa shape index (κ3) is 9.13. The molecule has 0 aromatic rings. The van der Waals surface area contributed by atoms with Crippen LogP contribution in [0.25, 0.3) is 0 Å². The predicted octanol–water partition coefficient (Wildman–Crippen LogP) is 2.12. The zero-order chi connectivity index (χ0) is 12.2. The van der Waals surface area contributed by atoms with Gasteiger partial charge in [-0.15, -0.1) is 0 Å². The van der Waals surface area contributed by atoms with Crippen LogP contribution in [0.5, 0.6) is 0 Å². The molecule has 0 radical (unpaired) electrons. The summed E-state index contributed by atoms with van der Waals surface area (Å²) in [6.45, 7) is 8.75. The summed E-state index contributed by atoms with van der Waals surface area (Å²) in [5, 5.41) is 3.52. The van der Waals surface area contributed by atoms with E-state index < -0.39 is 0 Å². The van der Waals surface area contributed by atoms with Gasteiger partial charge in [-0.25, -0.2) is 0 Å². The zero-order valence-corrected chi connectivity index (χ0v) is 11.6. The Hall–Kier alpha value is -0.120. The first-order chi connectivity index (χ1) is 7.72. The second-order valence-electron chi connectivity index (χ2n) is 4.59. The van der Waals surface area contributed by atoms with E-state index in [9.17, 15) is 0 Å². The Bertz CT molecular complexity index is 142. The van der Waals surface area contributed by atoms with E-state index in [0.717, 1.165) is 32.7 Å². The number of methoxy groups -OCH3 is 1. The number of unbranched alkanes of at least 4 members (excludes halogenated alkanes) is 2. The highest BCUT2D eigenvalue weighted by atomic mass is 16.5. The van der Waals surface area contributed by atoms with Crippen molar-refractivity contribution in [3.63, 3.8) is 0 Å². The SMILES string of the molecule is CCCCCNCC(C)N(C)CCCOC. The highest BCUT2D eigenvalue weighted by Gasteiger charge is 2.07. The topological polar surface area (TPSA) is 24.5 Å². The van der Waals surface area contributed by atoms with E-state index >= 15 is 0 Å². The molecule has 3 nitrogen and oxygen atoms in total. The van der Waals surface area contributed by atoms with Gasteiger partial charge < -0.3 is 15.0 Å². The Balaban J connectivity index is 3.36. The molecule has 0 saturated heterocycles. The summed E-state index contributed by atoms with van der Waals surface area (Å²) < 4.78 is 5.06. The molecule has 1 N–H and O–H groups in total. The molecular weight excluding hydrogens is 200 g/mol. The first-order valence-electron chi connectivity index (χ1n) is 6.62. The van der Waals surface area contributed by atoms with Crippen molar-refractivity contribution in [2.75, 3.05) is 40.4 Å². The van der Waals surface area contributed by atoms with E-state index in [0.29, 0.717) is 6.04 Å². The van der Waals surface area contributed by atoms with Gasteiger partial charge in [-0.1, -0.05) is 19.8 Å². The van der Waals surface area contributed by atoms with E-state index in [1.165, 1.54) is 19.3 Å². The lowest BCUT2D eigenvalue weighted by molar-refractivity contribution is 0.167. The van der Waals surface area contributed by atoms with Crippen molar-refractivity contribution >= 4 is 0 Å². The Morgan fingerprint density at radius 2 is 2.00 bits per heavy atom. The number of nitrogens with one attached hydrogen (secondary N) is 1. The summed E-state index contributed by atoms with van der Waals surface area (Å²) in [4.78, 5) is 2.39. The summed E-state index contributed by atoms with van der Waals surface area (Å²) >= 11 is 0. The molecule has 0 aliphatic heterocycles. The lowest BCUT2D eigenvalue weighted by atomic mass is 10.2. The fourth-order valence-corrected chi connectivity index (χ4v) is 1.65. The molecular formula is C13H30N2O. The fraction of sp³-hybridized carbons (Fsp3) is 1.00. The van der Waals surface area contributed by atoms with Crippen LogP contribution in [0.15, 0.2) is 0 Å². The van der Waals surface area contributed by atoms with E-state index in [2.05, 4.69) is 31.1 Å². The van der Waals surface area contributed by atoms with Gasteiger partial charge in [-0.3, -0.25) is 0 Å². The van der Waals surface area contributed by atoms with Gasteiger partial charge in [-0.2, -0.15) is 0 Å². The first kappa shape index (κ1) is 15.9. The van der Waals surface area contributed by atoms with Crippen LogP contribution in [0.2, 0.25) is 0 Å². The maximum absolute atomic E-state index is 5.06. The largest absolute Gasteiger partial charge is 0.385 e. The minimum Gasteiger partial charge on any atom is -0.385 e. The number of rotatable bonds is 11. The molecule has 98 valence electrons. The van der Waals surface area contributed by atoms with E-state index in [1.807, 2.05) is 0 Å². The van der Waals surface area contributed by atoms with Crippen LogP contribution in [-0.4, -0.2) is 51.3 Å². The molecule has 0 bridgehead atoms. The molecule has 0 heterocycles. The van der Waals surface area contributed by atoms with Crippen LogP contribution in [0.4, 0.5) is 0 Å². The van der Waals surface area contributed by atoms with Crippen LogP contribution in [0.3, 0.4) is 0 Å². The average Bonchev–Trinajstić information content (AvgIpc) is 2.28. The van der Waals surface area contributed by atoms with Gasteiger partial charge in [0.15, 0.2) is 0 Å². The van der Waals surface area contributed by atoms with Gasteiger partial charge in [-0.05, 0) is 33.4 Å². The van der Waals surface area contributed by atoms with Crippen molar-refractivity contribution in [2.24, 2.45) is 0 Å². The maximum atomic E-state index is 5.06. The van der Waals surface area contributed by atoms with Gasteiger partial charge in [0.25, 0.3) is 0 Å². The first-order valence-corrected chi connectivity index (χ1v) is 6.62. The number of hydrogen-bond donors (Lipinski definition) is 1. The smallest absolute Gasteiger partial charge is 0.0474 e. The maximum Gasteiger partial charge on any atom is 0.0474 e. The molecule has 0 saturated carbocycles. The molecule has 0 spiro atoms. The van der Waals surface area contributed by atoms with Crippen molar-refractivity contribution < 1.29 is 4.74 Å². The highest BCUT2D eigenvalue weighted by molar-refractivity contribution is 4.66. The minimum absolute atomic E-state index is 0.610. The molecule has 0 fully saturated rings. The number of likely N-dealkylation sites (N-methyl/N-ethyl adjacent to an activating group) is 1. The molecule has 1 unspecified atom stereocenters. The Kier molecular flexibility index (Phi) is 11.3. The van der Waals surface area contributed by atoms with E-state index in [-0.39, 0.29) is 0 Å². The Labute approximate surface area is 102 Å². The third-order valence-electron chi connectivity index (χ3n) is 3.01. The van der Waals surface area contributed by atoms with Crippen molar-refractivity contribution in [1.82, 2.24) is 10.2 Å². The van der Waals surface area contributed by atoms with Crippen LogP contribution < -0.4 is 5.32 Å². The van der Waals surface area contributed by atoms with Crippen molar-refractivity contribution in [3.05, 3.63) is 0 Å². The molecule has 3 heteroatoms. The average molecular weight is 230 g/mol. The molecule has 0 aliphatic rings. The normalized spacial score (nSPS) is 13.3. The van der Waals surface area contributed by atoms with Crippen molar-refractivity contribution in [3.8, 4) is 0 Å². The third-order valence-corrected chi connectivity index (χ3v) is 3.01. The standard InChI is InChI=1S/C13H30N2O/c1-5-6-7-9-14-12-13(2)15(3)10-8-11-16-4/h13-14H,5-12H2,1-4H3. The van der Waals surface area contributed by atoms with Crippen LogP contribution in [-0.2, 0) is 4.74 Å². The lowest BCUT2D eigenvalue weighted by Crippen LogP contribution is -2.38. The fourth-order valence-electron chi connectivity index (χ4n) is 1.65. The summed E-state index contributed by atoms with van der Waals surface area (Å²) in [5.74, 6) is 0. The summed E-state index contributed by atoms with van der Waals surface area (Å²) in [6.07, 6.45) is 5.06. The number of hydrogen-bond acceptors (Lipinski definition) is 3. The van der Waals surface area contributed by atoms with Crippen molar-refractivity contribution in [2.45, 2.75) is 45.6 Å². The van der Waals surface area contributed by atoms with Gasteiger partial charge in [0.05, 0.1) is 0 Å². The molecule has 0 amide bonds. The highest BCUT2D eigenvalue weighted by Crippen LogP contribution is 1.97. The van der Waals surface area contributed by atoms with E-state index in [4.69, 9.17) is 4.74 Å². The van der Waals surface area contributed by atoms with Crippen LogP contribution >= 0.6 is 0 Å². The summed E-state index contributed by atoms with van der Waals surface area (Å²) in [5.41, 5.74) is 0. The Morgan fingerprint density at radius 3 is 2.62 bits per heavy atom. The second-order valence-corrected chi connectivity index (χ2v) is 4.59. The van der Waals surface area contributed by atoms with Crippen LogP contribution in [0.1, 0.15) is 39.5 Å². The number of ether oxygens (including phenoxy) is 1. The summed E-state index contributed by atoms with van der Waals surface area (Å²) in [6, 6.07) is 0.610. The van der Waals surface area contributed by atoms with Gasteiger partial charge in [0.2, 0.25) is 0 Å². The molecule has 0 rings (SSSR count). The number of nitrogens with zero attached hydrogens (tertiary/aromatic N) is 1.